The Kier molecular flexibility index (Phi) is 3.92. The van der Waals surface area contributed by atoms with E-state index in [2.05, 4.69) is 10.3 Å². The maximum Gasteiger partial charge on any atom is 0.0726 e. The second kappa shape index (κ2) is 5.89. The predicted molar refractivity (Wildman–Crippen MR) is 90.3 cm³/mol. The fourth-order valence-electron chi connectivity index (χ4n) is 2.50. The summed E-state index contributed by atoms with van der Waals surface area (Å²) in [5, 5.41) is 15.8. The van der Waals surface area contributed by atoms with Gasteiger partial charge in [0, 0.05) is 27.5 Å². The topological polar surface area (TPSA) is 65.0 Å². The predicted octanol–water partition coefficient (Wildman–Crippen LogP) is 3.61. The minimum atomic E-state index is -1.21. The summed E-state index contributed by atoms with van der Waals surface area (Å²) in [6.45, 7) is 3.85. The van der Waals surface area contributed by atoms with E-state index in [1.807, 2.05) is 32.0 Å². The molecule has 1 heterocycles. The maximum atomic E-state index is 11.1. The zero-order chi connectivity index (χ0) is 16.6. The Bertz CT molecular complexity index is 922. The number of halogens is 1. The lowest BCUT2D eigenvalue weighted by molar-refractivity contribution is -0.255. The molecule has 0 saturated carbocycles. The quantitative estimate of drug-likeness (QED) is 0.799. The van der Waals surface area contributed by atoms with Gasteiger partial charge < -0.3 is 15.2 Å². The lowest BCUT2D eigenvalue weighted by Crippen LogP contribution is -2.22. The van der Waals surface area contributed by atoms with Crippen molar-refractivity contribution < 1.29 is 9.90 Å². The molecule has 4 nitrogen and oxygen atoms in total. The molecular formula is C18H14ClN2O2-. The number of carboxylic acids is 1. The minimum Gasteiger partial charge on any atom is -0.545 e. The first-order chi connectivity index (χ1) is 10.9. The van der Waals surface area contributed by atoms with E-state index in [-0.39, 0.29) is 5.56 Å². The number of carbonyl (C=O) groups excluding carboxylic acids is 1. The number of anilines is 2. The van der Waals surface area contributed by atoms with Gasteiger partial charge in [-0.1, -0.05) is 17.7 Å². The van der Waals surface area contributed by atoms with Crippen LogP contribution >= 0.6 is 11.6 Å². The highest BCUT2D eigenvalue weighted by Crippen LogP contribution is 2.29. The molecule has 0 spiro atoms. The van der Waals surface area contributed by atoms with Gasteiger partial charge in [-0.3, -0.25) is 4.98 Å². The molecule has 23 heavy (non-hydrogen) atoms. The minimum absolute atomic E-state index is 0.124. The largest absolute Gasteiger partial charge is 0.545 e. The molecule has 3 rings (SSSR count). The van der Waals surface area contributed by atoms with Crippen molar-refractivity contribution in [3.63, 3.8) is 0 Å². The average molecular weight is 326 g/mol. The maximum absolute atomic E-state index is 11.1. The van der Waals surface area contributed by atoms with Crippen LogP contribution in [0.2, 0.25) is 5.02 Å². The number of nitrogens with zero attached hydrogens (tertiary/aromatic N) is 1. The van der Waals surface area contributed by atoms with Gasteiger partial charge in [-0.25, -0.2) is 0 Å². The van der Waals surface area contributed by atoms with E-state index in [9.17, 15) is 9.90 Å². The lowest BCUT2D eigenvalue weighted by Gasteiger charge is -2.14. The van der Waals surface area contributed by atoms with Crippen molar-refractivity contribution >= 4 is 39.8 Å². The fraction of sp³-hybridized carbons (Fsp3) is 0.111. The molecule has 0 saturated heterocycles. The molecule has 0 fully saturated rings. The van der Waals surface area contributed by atoms with Gasteiger partial charge in [0.05, 0.1) is 11.5 Å². The number of pyridine rings is 1. The van der Waals surface area contributed by atoms with Gasteiger partial charge in [0.15, 0.2) is 0 Å². The standard InChI is InChI=1S/C18H15ClN2O2/c1-10-7-13(19)4-6-15(10)21-17-8-11(2)20-16-5-3-12(18(22)23)9-14(16)17/h3-9H,1-2H3,(H,20,21)(H,22,23)/p-1. The first-order valence-corrected chi connectivity index (χ1v) is 7.48. The molecule has 0 bridgehead atoms. The molecule has 0 atom stereocenters. The van der Waals surface area contributed by atoms with E-state index in [1.54, 1.807) is 18.2 Å². The molecule has 1 aromatic heterocycles. The third-order valence-electron chi connectivity index (χ3n) is 3.63. The van der Waals surface area contributed by atoms with E-state index in [1.165, 1.54) is 6.07 Å². The zero-order valence-corrected chi connectivity index (χ0v) is 13.4. The number of hydrogen-bond donors (Lipinski definition) is 1. The Morgan fingerprint density at radius 2 is 1.87 bits per heavy atom. The van der Waals surface area contributed by atoms with Gasteiger partial charge in [-0.05, 0) is 61.4 Å². The van der Waals surface area contributed by atoms with Crippen LogP contribution < -0.4 is 10.4 Å². The molecule has 0 unspecified atom stereocenters. The number of aromatic carboxylic acids is 1. The molecule has 0 aliphatic rings. The third kappa shape index (κ3) is 3.12. The second-order valence-corrected chi connectivity index (χ2v) is 5.85. The van der Waals surface area contributed by atoms with E-state index >= 15 is 0 Å². The van der Waals surface area contributed by atoms with Gasteiger partial charge in [-0.15, -0.1) is 0 Å². The number of rotatable bonds is 3. The van der Waals surface area contributed by atoms with Crippen LogP contribution in [0.1, 0.15) is 21.6 Å². The van der Waals surface area contributed by atoms with Gasteiger partial charge in [-0.2, -0.15) is 0 Å². The van der Waals surface area contributed by atoms with Crippen LogP contribution in [0.3, 0.4) is 0 Å². The number of carbonyl (C=O) groups is 1. The number of fused-ring (bicyclic) bond motifs is 1. The number of aryl methyl sites for hydroxylation is 2. The first kappa shape index (κ1) is 15.3. The summed E-state index contributed by atoms with van der Waals surface area (Å²) in [7, 11) is 0. The van der Waals surface area contributed by atoms with E-state index < -0.39 is 5.97 Å². The molecule has 2 aromatic carbocycles. The summed E-state index contributed by atoms with van der Waals surface area (Å²) in [5.74, 6) is -1.21. The highest BCUT2D eigenvalue weighted by atomic mass is 35.5. The van der Waals surface area contributed by atoms with Crippen LogP contribution in [0, 0.1) is 13.8 Å². The fourth-order valence-corrected chi connectivity index (χ4v) is 2.73. The number of aromatic nitrogens is 1. The SMILES string of the molecule is Cc1cc(Nc2ccc(Cl)cc2C)c2cc(C(=O)[O-])ccc2n1. The van der Waals surface area contributed by atoms with Crippen molar-refractivity contribution in [3.8, 4) is 0 Å². The number of carboxylic acid groups (broad SMARTS) is 1. The van der Waals surface area contributed by atoms with E-state index in [4.69, 9.17) is 11.6 Å². The summed E-state index contributed by atoms with van der Waals surface area (Å²) in [5.41, 5.74) is 4.38. The average Bonchev–Trinajstić information content (AvgIpc) is 2.49. The number of benzene rings is 2. The van der Waals surface area contributed by atoms with Gasteiger partial charge in [0.2, 0.25) is 0 Å². The molecule has 0 amide bonds. The first-order valence-electron chi connectivity index (χ1n) is 7.10. The van der Waals surface area contributed by atoms with Crippen molar-refractivity contribution in [1.82, 2.24) is 4.98 Å². The summed E-state index contributed by atoms with van der Waals surface area (Å²) >= 11 is 5.99. The normalized spacial score (nSPS) is 10.7. The van der Waals surface area contributed by atoms with Crippen LogP contribution in [0.15, 0.2) is 42.5 Å². The summed E-state index contributed by atoms with van der Waals surface area (Å²) in [6.07, 6.45) is 0. The van der Waals surface area contributed by atoms with Crippen LogP contribution in [0.5, 0.6) is 0 Å². The Morgan fingerprint density at radius 3 is 2.57 bits per heavy atom. The molecular weight excluding hydrogens is 312 g/mol. The molecule has 1 N–H and O–H groups in total. The van der Waals surface area contributed by atoms with E-state index in [0.29, 0.717) is 5.02 Å². The smallest absolute Gasteiger partial charge is 0.0726 e. The third-order valence-corrected chi connectivity index (χ3v) is 3.87. The Labute approximate surface area is 138 Å². The van der Waals surface area contributed by atoms with Gasteiger partial charge in [0.25, 0.3) is 0 Å². The Hall–Kier alpha value is -2.59. The highest BCUT2D eigenvalue weighted by molar-refractivity contribution is 6.30. The van der Waals surface area contributed by atoms with Crippen molar-refractivity contribution in [2.24, 2.45) is 0 Å². The number of nitrogens with one attached hydrogen (secondary N) is 1. The zero-order valence-electron chi connectivity index (χ0n) is 12.7. The van der Waals surface area contributed by atoms with Crippen LogP contribution in [0.4, 0.5) is 11.4 Å². The Morgan fingerprint density at radius 1 is 1.09 bits per heavy atom. The van der Waals surface area contributed by atoms with Crippen molar-refractivity contribution in [2.45, 2.75) is 13.8 Å². The molecule has 116 valence electrons. The molecule has 5 heteroatoms. The van der Waals surface area contributed by atoms with Gasteiger partial charge >= 0.3 is 0 Å². The summed E-state index contributed by atoms with van der Waals surface area (Å²) in [6, 6.07) is 12.2. The molecule has 3 aromatic rings. The van der Waals surface area contributed by atoms with Crippen LogP contribution in [0.25, 0.3) is 10.9 Å². The lowest BCUT2D eigenvalue weighted by atomic mass is 10.1. The monoisotopic (exact) mass is 325 g/mol. The van der Waals surface area contributed by atoms with Crippen LogP contribution in [-0.2, 0) is 0 Å². The molecule has 0 aliphatic carbocycles. The summed E-state index contributed by atoms with van der Waals surface area (Å²) < 4.78 is 0. The van der Waals surface area contributed by atoms with Crippen molar-refractivity contribution in [3.05, 3.63) is 64.3 Å². The Balaban J connectivity index is 2.15. The number of hydrogen-bond acceptors (Lipinski definition) is 4. The summed E-state index contributed by atoms with van der Waals surface area (Å²) in [4.78, 5) is 15.5. The molecule has 0 aliphatic heterocycles. The highest BCUT2D eigenvalue weighted by Gasteiger charge is 2.08. The molecule has 0 radical (unpaired) electrons. The second-order valence-electron chi connectivity index (χ2n) is 5.41. The van der Waals surface area contributed by atoms with Crippen molar-refractivity contribution in [2.75, 3.05) is 5.32 Å². The van der Waals surface area contributed by atoms with Crippen molar-refractivity contribution in [1.29, 1.82) is 0 Å². The van der Waals surface area contributed by atoms with Crippen LogP contribution in [-0.4, -0.2) is 11.0 Å². The van der Waals surface area contributed by atoms with E-state index in [0.717, 1.165) is 33.5 Å². The van der Waals surface area contributed by atoms with Gasteiger partial charge in [0.1, 0.15) is 0 Å².